The lowest BCUT2D eigenvalue weighted by Crippen LogP contribution is -2.41. The molecule has 4 rings (SSSR count). The van der Waals surface area contributed by atoms with Gasteiger partial charge in [-0.3, -0.25) is 9.59 Å². The first-order chi connectivity index (χ1) is 12.6. The van der Waals surface area contributed by atoms with Gasteiger partial charge in [0.25, 0.3) is 0 Å². The van der Waals surface area contributed by atoms with Gasteiger partial charge >= 0.3 is 0 Å². The van der Waals surface area contributed by atoms with Gasteiger partial charge in [-0.15, -0.1) is 0 Å². The molecule has 0 aliphatic carbocycles. The molecule has 1 aliphatic heterocycles. The number of hydrogen-bond acceptors (Lipinski definition) is 3. The molecule has 3 aromatic carbocycles. The zero-order valence-corrected chi connectivity index (χ0v) is 14.5. The lowest BCUT2D eigenvalue weighted by Gasteiger charge is -2.29. The van der Waals surface area contributed by atoms with Crippen LogP contribution in [0.2, 0.25) is 0 Å². The van der Waals surface area contributed by atoms with Gasteiger partial charge in [-0.1, -0.05) is 66.7 Å². The van der Waals surface area contributed by atoms with E-state index in [9.17, 15) is 9.59 Å². The normalized spacial score (nSPS) is 18.3. The van der Waals surface area contributed by atoms with E-state index < -0.39 is 5.54 Å². The van der Waals surface area contributed by atoms with Gasteiger partial charge < -0.3 is 5.32 Å². The fourth-order valence-corrected chi connectivity index (χ4v) is 3.68. The average molecular weight is 341 g/mol. The standard InChI is InChI=1S/C23H19NO2/c1-16-9-5-6-12-18(16)21(25)15-23(17-10-3-2-4-11-17)22(26)19-13-7-8-14-20(19)24-23/h2-14,24H,15H2,1H3. The molecule has 3 aromatic rings. The number of benzene rings is 3. The second-order valence-electron chi connectivity index (χ2n) is 6.69. The molecule has 0 amide bonds. The van der Waals surface area contributed by atoms with Crippen molar-refractivity contribution in [2.75, 3.05) is 5.32 Å². The minimum absolute atomic E-state index is 0.0411. The van der Waals surface area contributed by atoms with Crippen LogP contribution >= 0.6 is 0 Å². The summed E-state index contributed by atoms with van der Waals surface area (Å²) in [7, 11) is 0. The smallest absolute Gasteiger partial charge is 0.195 e. The monoisotopic (exact) mass is 341 g/mol. The molecule has 1 unspecified atom stereocenters. The summed E-state index contributed by atoms with van der Waals surface area (Å²) in [6.07, 6.45) is 0.0788. The lowest BCUT2D eigenvalue weighted by atomic mass is 9.80. The molecule has 1 aliphatic rings. The highest BCUT2D eigenvalue weighted by Crippen LogP contribution is 2.42. The van der Waals surface area contributed by atoms with Crippen LogP contribution in [0.15, 0.2) is 78.9 Å². The Hall–Kier alpha value is -3.20. The largest absolute Gasteiger partial charge is 0.368 e. The molecule has 1 N–H and O–H groups in total. The predicted octanol–water partition coefficient (Wildman–Crippen LogP) is 4.77. The number of fused-ring (bicyclic) bond motifs is 1. The molecule has 0 aromatic heterocycles. The van der Waals surface area contributed by atoms with E-state index in [4.69, 9.17) is 0 Å². The quantitative estimate of drug-likeness (QED) is 0.695. The molecule has 128 valence electrons. The van der Waals surface area contributed by atoms with Gasteiger partial charge in [0.2, 0.25) is 0 Å². The van der Waals surface area contributed by atoms with E-state index in [0.717, 1.165) is 16.8 Å². The van der Waals surface area contributed by atoms with Gasteiger partial charge in [-0.2, -0.15) is 0 Å². The van der Waals surface area contributed by atoms with Gasteiger partial charge in [0, 0.05) is 23.2 Å². The molecule has 1 heterocycles. The van der Waals surface area contributed by atoms with Crippen molar-refractivity contribution in [2.24, 2.45) is 0 Å². The van der Waals surface area contributed by atoms with Crippen LogP contribution in [0.25, 0.3) is 0 Å². The van der Waals surface area contributed by atoms with E-state index in [-0.39, 0.29) is 18.0 Å². The van der Waals surface area contributed by atoms with Crippen molar-refractivity contribution in [3.05, 3.63) is 101 Å². The number of ketones is 2. The Kier molecular flexibility index (Phi) is 3.92. The van der Waals surface area contributed by atoms with Crippen LogP contribution < -0.4 is 5.32 Å². The highest BCUT2D eigenvalue weighted by molar-refractivity contribution is 6.16. The summed E-state index contributed by atoms with van der Waals surface area (Å²) >= 11 is 0. The van der Waals surface area contributed by atoms with Crippen LogP contribution in [-0.4, -0.2) is 11.6 Å². The van der Waals surface area contributed by atoms with Crippen LogP contribution in [0.3, 0.4) is 0 Å². The highest BCUT2D eigenvalue weighted by atomic mass is 16.1. The number of carbonyl (C=O) groups excluding carboxylic acids is 2. The van der Waals surface area contributed by atoms with Crippen LogP contribution in [0, 0.1) is 6.92 Å². The maximum Gasteiger partial charge on any atom is 0.195 e. The van der Waals surface area contributed by atoms with Crippen LogP contribution in [0.4, 0.5) is 5.69 Å². The third-order valence-corrected chi connectivity index (χ3v) is 5.05. The Morgan fingerprint density at radius 3 is 2.27 bits per heavy atom. The summed E-state index contributed by atoms with van der Waals surface area (Å²) in [6.45, 7) is 1.92. The van der Waals surface area contributed by atoms with Gasteiger partial charge in [-0.25, -0.2) is 0 Å². The van der Waals surface area contributed by atoms with E-state index in [2.05, 4.69) is 5.32 Å². The number of hydrogen-bond donors (Lipinski definition) is 1. The molecule has 0 bridgehead atoms. The van der Waals surface area contributed by atoms with Gasteiger partial charge in [0.15, 0.2) is 11.6 Å². The van der Waals surface area contributed by atoms with Gasteiger partial charge in [0.05, 0.1) is 0 Å². The first kappa shape index (κ1) is 16.3. The summed E-state index contributed by atoms with van der Waals surface area (Å²) in [4.78, 5) is 26.5. The first-order valence-electron chi connectivity index (χ1n) is 8.68. The van der Waals surface area contributed by atoms with E-state index in [0.29, 0.717) is 11.1 Å². The minimum atomic E-state index is -1.07. The molecular formula is C23H19NO2. The van der Waals surface area contributed by atoms with Crippen molar-refractivity contribution >= 4 is 17.3 Å². The summed E-state index contributed by atoms with van der Waals surface area (Å²) in [5.41, 5.74) is 2.73. The second kappa shape index (κ2) is 6.26. The SMILES string of the molecule is Cc1ccccc1C(=O)CC1(c2ccccc2)Nc2ccccc2C1=O. The summed E-state index contributed by atoms with van der Waals surface area (Å²) < 4.78 is 0. The number of rotatable bonds is 4. The number of para-hydroxylation sites is 1. The Balaban J connectivity index is 1.81. The van der Waals surface area contributed by atoms with Crippen molar-refractivity contribution in [1.29, 1.82) is 0 Å². The second-order valence-corrected chi connectivity index (χ2v) is 6.69. The lowest BCUT2D eigenvalue weighted by molar-refractivity contribution is 0.0846. The zero-order chi connectivity index (χ0) is 18.1. The molecule has 0 spiro atoms. The first-order valence-corrected chi connectivity index (χ1v) is 8.68. The Morgan fingerprint density at radius 1 is 0.885 bits per heavy atom. The third-order valence-electron chi connectivity index (χ3n) is 5.05. The fraction of sp³-hybridized carbons (Fsp3) is 0.130. The Bertz CT molecular complexity index is 994. The van der Waals surface area contributed by atoms with Crippen LogP contribution in [0.1, 0.15) is 38.3 Å². The van der Waals surface area contributed by atoms with Gasteiger partial charge in [-0.05, 0) is 30.2 Å². The highest BCUT2D eigenvalue weighted by Gasteiger charge is 2.48. The molecule has 3 nitrogen and oxygen atoms in total. The Labute approximate surface area is 152 Å². The minimum Gasteiger partial charge on any atom is -0.368 e. The maximum atomic E-state index is 13.4. The molecule has 0 fully saturated rings. The van der Waals surface area contributed by atoms with E-state index >= 15 is 0 Å². The Morgan fingerprint density at radius 2 is 1.54 bits per heavy atom. The molecule has 0 saturated heterocycles. The van der Waals surface area contributed by atoms with Crippen LogP contribution in [0.5, 0.6) is 0 Å². The van der Waals surface area contributed by atoms with Gasteiger partial charge in [0.1, 0.15) is 5.54 Å². The van der Waals surface area contributed by atoms with Crippen LogP contribution in [-0.2, 0) is 5.54 Å². The summed E-state index contributed by atoms with van der Waals surface area (Å²) in [5, 5.41) is 3.36. The molecule has 3 heteroatoms. The fourth-order valence-electron chi connectivity index (χ4n) is 3.68. The van der Waals surface area contributed by atoms with E-state index in [1.54, 1.807) is 0 Å². The number of nitrogens with one attached hydrogen (secondary N) is 1. The third kappa shape index (κ3) is 2.53. The summed E-state index contributed by atoms with van der Waals surface area (Å²) in [5.74, 6) is -0.0955. The topological polar surface area (TPSA) is 46.2 Å². The van der Waals surface area contributed by atoms with E-state index in [1.165, 1.54) is 0 Å². The molecule has 26 heavy (non-hydrogen) atoms. The number of anilines is 1. The maximum absolute atomic E-state index is 13.4. The molecule has 0 radical (unpaired) electrons. The zero-order valence-electron chi connectivity index (χ0n) is 14.5. The molecular weight excluding hydrogens is 322 g/mol. The number of aryl methyl sites for hydroxylation is 1. The predicted molar refractivity (Wildman–Crippen MR) is 103 cm³/mol. The number of Topliss-reactive ketones (excluding diaryl/α,β-unsaturated/α-hetero) is 2. The van der Waals surface area contributed by atoms with Crippen molar-refractivity contribution in [3.8, 4) is 0 Å². The number of carbonyl (C=O) groups is 2. The molecule has 0 saturated carbocycles. The van der Waals surface area contributed by atoms with E-state index in [1.807, 2.05) is 85.8 Å². The van der Waals surface area contributed by atoms with Crippen molar-refractivity contribution in [2.45, 2.75) is 18.9 Å². The molecule has 1 atom stereocenters. The van der Waals surface area contributed by atoms with Crippen molar-refractivity contribution in [3.63, 3.8) is 0 Å². The summed E-state index contributed by atoms with van der Waals surface area (Å²) in [6, 6.07) is 24.5. The van der Waals surface area contributed by atoms with Crippen molar-refractivity contribution < 1.29 is 9.59 Å². The average Bonchev–Trinajstić information content (AvgIpc) is 2.96. The van der Waals surface area contributed by atoms with Crippen molar-refractivity contribution in [1.82, 2.24) is 0 Å².